The molecule has 0 heteroatoms. The molecule has 0 rings (SSSR count). The van der Waals surface area contributed by atoms with Crippen LogP contribution in [0, 0.1) is 11.8 Å². The van der Waals surface area contributed by atoms with Gasteiger partial charge < -0.3 is 0 Å². The van der Waals surface area contributed by atoms with Gasteiger partial charge in [0.2, 0.25) is 0 Å². The van der Waals surface area contributed by atoms with Crippen molar-refractivity contribution < 1.29 is 0 Å². The second kappa shape index (κ2) is 9.50. The fourth-order valence-corrected chi connectivity index (χ4v) is 1.97. The highest BCUT2D eigenvalue weighted by atomic mass is 14.1. The second-order valence-corrected chi connectivity index (χ2v) is 5.81. The van der Waals surface area contributed by atoms with Gasteiger partial charge in [0, 0.05) is 0 Å². The highest BCUT2D eigenvalue weighted by Gasteiger charge is 2.08. The normalized spacial score (nSPS) is 15.5. The van der Waals surface area contributed by atoms with Crippen LogP contribution >= 0.6 is 0 Å². The predicted octanol–water partition coefficient (Wildman–Crippen LogP) is 6.14. The van der Waals surface area contributed by atoms with Gasteiger partial charge in [-0.05, 0) is 58.3 Å². The maximum atomic E-state index is 2.44. The Labute approximate surface area is 109 Å². The minimum Gasteiger partial charge on any atom is -0.0856 e. The fraction of sp³-hybridized carbons (Fsp3) is 0.765. The second-order valence-electron chi connectivity index (χ2n) is 5.81. The molecule has 0 aromatic heterocycles. The number of hydrogen-bond donors (Lipinski definition) is 0. The van der Waals surface area contributed by atoms with Gasteiger partial charge in [0.25, 0.3) is 0 Å². The highest BCUT2D eigenvalue weighted by Crippen LogP contribution is 2.20. The molecule has 17 heavy (non-hydrogen) atoms. The molecule has 0 spiro atoms. The Morgan fingerprint density at radius 3 is 2.12 bits per heavy atom. The molecular formula is C17H32. The van der Waals surface area contributed by atoms with Crippen molar-refractivity contribution in [2.24, 2.45) is 11.8 Å². The third-order valence-electron chi connectivity index (χ3n) is 3.82. The summed E-state index contributed by atoms with van der Waals surface area (Å²) in [6.45, 7) is 13.7. The molecule has 0 N–H and O–H groups in total. The van der Waals surface area contributed by atoms with Crippen LogP contribution in [-0.2, 0) is 0 Å². The summed E-state index contributed by atoms with van der Waals surface area (Å²) in [5.74, 6) is 1.73. The summed E-state index contributed by atoms with van der Waals surface area (Å²) >= 11 is 0. The first kappa shape index (κ1) is 16.5. The van der Waals surface area contributed by atoms with E-state index in [1.807, 2.05) is 0 Å². The molecule has 0 aliphatic carbocycles. The third kappa shape index (κ3) is 9.21. The number of hydrogen-bond acceptors (Lipinski definition) is 0. The van der Waals surface area contributed by atoms with Crippen molar-refractivity contribution >= 4 is 0 Å². The lowest BCUT2D eigenvalue weighted by Gasteiger charge is -2.17. The van der Waals surface area contributed by atoms with E-state index in [-0.39, 0.29) is 0 Å². The van der Waals surface area contributed by atoms with E-state index in [0.29, 0.717) is 0 Å². The Kier molecular flexibility index (Phi) is 9.21. The first-order chi connectivity index (χ1) is 7.97. The number of allylic oxidation sites excluding steroid dienone is 4. The van der Waals surface area contributed by atoms with Crippen LogP contribution in [0.3, 0.4) is 0 Å². The molecule has 0 nitrogen and oxygen atoms in total. The van der Waals surface area contributed by atoms with Crippen LogP contribution in [0.1, 0.15) is 73.6 Å². The molecular weight excluding hydrogens is 204 g/mol. The molecule has 100 valence electrons. The lowest BCUT2D eigenvalue weighted by molar-refractivity contribution is 0.357. The summed E-state index contributed by atoms with van der Waals surface area (Å²) in [5.41, 5.74) is 2.99. The van der Waals surface area contributed by atoms with Crippen LogP contribution < -0.4 is 0 Å². The smallest absolute Gasteiger partial charge is 0.0288 e. The Bertz CT molecular complexity index is 241. The Morgan fingerprint density at radius 1 is 0.941 bits per heavy atom. The van der Waals surface area contributed by atoms with E-state index in [4.69, 9.17) is 0 Å². The minimum atomic E-state index is 0.863. The van der Waals surface area contributed by atoms with Gasteiger partial charge in [-0.3, -0.25) is 0 Å². The molecule has 0 aromatic rings. The Balaban J connectivity index is 3.80. The third-order valence-corrected chi connectivity index (χ3v) is 3.82. The molecule has 2 unspecified atom stereocenters. The molecule has 0 saturated carbocycles. The molecule has 0 amide bonds. The average molecular weight is 236 g/mol. The van der Waals surface area contributed by atoms with Crippen LogP contribution in [0.2, 0.25) is 0 Å². The summed E-state index contributed by atoms with van der Waals surface area (Å²) in [4.78, 5) is 0. The Hall–Kier alpha value is -0.520. The topological polar surface area (TPSA) is 0 Å². The first-order valence-corrected chi connectivity index (χ1v) is 7.26. The molecule has 0 aliphatic rings. The highest BCUT2D eigenvalue weighted by molar-refractivity contribution is 5.02. The van der Waals surface area contributed by atoms with Crippen molar-refractivity contribution in [3.05, 3.63) is 23.3 Å². The van der Waals surface area contributed by atoms with Crippen molar-refractivity contribution in [3.8, 4) is 0 Å². The van der Waals surface area contributed by atoms with Crippen LogP contribution in [0.5, 0.6) is 0 Å². The summed E-state index contributed by atoms with van der Waals surface area (Å²) < 4.78 is 0. The maximum Gasteiger partial charge on any atom is -0.0288 e. The van der Waals surface area contributed by atoms with Crippen LogP contribution in [0.4, 0.5) is 0 Å². The van der Waals surface area contributed by atoms with Gasteiger partial charge in [-0.25, -0.2) is 0 Å². The van der Waals surface area contributed by atoms with Crippen LogP contribution in [0.25, 0.3) is 0 Å². The molecule has 0 heterocycles. The SMILES string of the molecule is CCC(C)C(C)CCC=C(C)CCC=C(C)C. The van der Waals surface area contributed by atoms with Gasteiger partial charge >= 0.3 is 0 Å². The summed E-state index contributed by atoms with van der Waals surface area (Å²) in [7, 11) is 0. The molecule has 0 saturated heterocycles. The quantitative estimate of drug-likeness (QED) is 0.444. The summed E-state index contributed by atoms with van der Waals surface area (Å²) in [6, 6.07) is 0. The van der Waals surface area contributed by atoms with E-state index in [0.717, 1.165) is 11.8 Å². The summed E-state index contributed by atoms with van der Waals surface area (Å²) in [5, 5.41) is 0. The molecule has 0 aromatic carbocycles. The van der Waals surface area contributed by atoms with Gasteiger partial charge in [-0.2, -0.15) is 0 Å². The molecule has 2 atom stereocenters. The average Bonchev–Trinajstić information content (AvgIpc) is 2.27. The van der Waals surface area contributed by atoms with Gasteiger partial charge in [-0.15, -0.1) is 0 Å². The van der Waals surface area contributed by atoms with E-state index >= 15 is 0 Å². The molecule has 0 radical (unpaired) electrons. The fourth-order valence-electron chi connectivity index (χ4n) is 1.97. The van der Waals surface area contributed by atoms with Crippen molar-refractivity contribution in [2.45, 2.75) is 73.6 Å². The Morgan fingerprint density at radius 2 is 1.59 bits per heavy atom. The van der Waals surface area contributed by atoms with E-state index in [9.17, 15) is 0 Å². The van der Waals surface area contributed by atoms with Crippen molar-refractivity contribution in [1.82, 2.24) is 0 Å². The van der Waals surface area contributed by atoms with Gasteiger partial charge in [0.1, 0.15) is 0 Å². The van der Waals surface area contributed by atoms with Crippen molar-refractivity contribution in [3.63, 3.8) is 0 Å². The lowest BCUT2D eigenvalue weighted by atomic mass is 9.89. The monoisotopic (exact) mass is 236 g/mol. The van der Waals surface area contributed by atoms with E-state index in [1.54, 1.807) is 5.57 Å². The molecule has 0 bridgehead atoms. The zero-order valence-corrected chi connectivity index (χ0v) is 12.8. The minimum absolute atomic E-state index is 0.863. The standard InChI is InChI=1S/C17H32/c1-7-16(5)17(6)13-9-12-15(4)11-8-10-14(2)3/h10,12,16-17H,7-9,11,13H2,1-6H3. The predicted molar refractivity (Wildman–Crippen MR) is 80.3 cm³/mol. The first-order valence-electron chi connectivity index (χ1n) is 7.26. The van der Waals surface area contributed by atoms with Gasteiger partial charge in [0.15, 0.2) is 0 Å². The van der Waals surface area contributed by atoms with E-state index in [2.05, 4.69) is 53.7 Å². The van der Waals surface area contributed by atoms with Crippen molar-refractivity contribution in [1.29, 1.82) is 0 Å². The molecule has 0 aliphatic heterocycles. The van der Waals surface area contributed by atoms with Gasteiger partial charge in [0.05, 0.1) is 0 Å². The number of rotatable bonds is 8. The molecule has 0 fully saturated rings. The van der Waals surface area contributed by atoms with Crippen LogP contribution in [-0.4, -0.2) is 0 Å². The zero-order chi connectivity index (χ0) is 13.3. The largest absolute Gasteiger partial charge is 0.0856 e. The van der Waals surface area contributed by atoms with Gasteiger partial charge in [-0.1, -0.05) is 50.5 Å². The lowest BCUT2D eigenvalue weighted by Crippen LogP contribution is -2.05. The van der Waals surface area contributed by atoms with Crippen molar-refractivity contribution in [2.75, 3.05) is 0 Å². The maximum absolute atomic E-state index is 2.44. The van der Waals surface area contributed by atoms with E-state index < -0.39 is 0 Å². The van der Waals surface area contributed by atoms with E-state index in [1.165, 1.54) is 37.7 Å². The summed E-state index contributed by atoms with van der Waals surface area (Å²) in [6.07, 6.45) is 11.1. The zero-order valence-electron chi connectivity index (χ0n) is 12.8. The van der Waals surface area contributed by atoms with Crippen LogP contribution in [0.15, 0.2) is 23.3 Å².